The maximum Gasteiger partial charge on any atom is 0.253 e. The lowest BCUT2D eigenvalue weighted by Crippen LogP contribution is -2.37. The highest BCUT2D eigenvalue weighted by Crippen LogP contribution is 2.40. The Kier molecular flexibility index (Phi) is 6.53. The van der Waals surface area contributed by atoms with Crippen LogP contribution >= 0.6 is 0 Å². The zero-order valence-electron chi connectivity index (χ0n) is 18.9. The fourth-order valence-corrected chi connectivity index (χ4v) is 4.75. The molecule has 0 spiro atoms. The Balaban J connectivity index is 1.64. The van der Waals surface area contributed by atoms with E-state index in [-0.39, 0.29) is 23.7 Å². The molecule has 2 aliphatic rings. The maximum atomic E-state index is 13.4. The summed E-state index contributed by atoms with van der Waals surface area (Å²) in [7, 11) is 4.82. The van der Waals surface area contributed by atoms with Crippen molar-refractivity contribution in [1.29, 1.82) is 0 Å². The first kappa shape index (κ1) is 22.0. The first-order valence-corrected chi connectivity index (χ1v) is 11.0. The molecule has 0 saturated carbocycles. The summed E-state index contributed by atoms with van der Waals surface area (Å²) < 4.78 is 16.2. The molecular formula is C25H30N2O5. The molecule has 2 fully saturated rings. The number of benzene rings is 2. The zero-order chi connectivity index (χ0) is 22.7. The summed E-state index contributed by atoms with van der Waals surface area (Å²) in [4.78, 5) is 30.5. The van der Waals surface area contributed by atoms with Gasteiger partial charge >= 0.3 is 0 Å². The number of ether oxygens (including phenoxy) is 3. The van der Waals surface area contributed by atoms with Crippen LogP contribution in [0.25, 0.3) is 0 Å². The Morgan fingerprint density at radius 2 is 1.47 bits per heavy atom. The molecule has 2 aromatic carbocycles. The van der Waals surface area contributed by atoms with Crippen LogP contribution in [-0.2, 0) is 4.79 Å². The predicted molar refractivity (Wildman–Crippen MR) is 120 cm³/mol. The Bertz CT molecular complexity index is 969. The van der Waals surface area contributed by atoms with E-state index in [0.717, 1.165) is 31.5 Å². The van der Waals surface area contributed by atoms with Gasteiger partial charge in [0.15, 0.2) is 0 Å². The maximum absolute atomic E-state index is 13.4. The van der Waals surface area contributed by atoms with Crippen LogP contribution in [0.4, 0.5) is 0 Å². The number of rotatable bonds is 6. The van der Waals surface area contributed by atoms with Crippen molar-refractivity contribution in [2.24, 2.45) is 5.92 Å². The average molecular weight is 439 g/mol. The summed E-state index contributed by atoms with van der Waals surface area (Å²) in [5.74, 6) is 1.65. The molecule has 0 aromatic heterocycles. The second kappa shape index (κ2) is 9.51. The summed E-state index contributed by atoms with van der Waals surface area (Å²) in [6.45, 7) is 2.42. The van der Waals surface area contributed by atoms with Gasteiger partial charge in [0.25, 0.3) is 5.91 Å². The Labute approximate surface area is 188 Å². The van der Waals surface area contributed by atoms with Crippen LogP contribution in [0, 0.1) is 5.92 Å². The third-order valence-electron chi connectivity index (χ3n) is 6.52. The molecule has 2 saturated heterocycles. The lowest BCUT2D eigenvalue weighted by Gasteiger charge is -2.25. The summed E-state index contributed by atoms with van der Waals surface area (Å²) in [6.07, 6.45) is 2.06. The summed E-state index contributed by atoms with van der Waals surface area (Å²) in [5.41, 5.74) is 1.51. The summed E-state index contributed by atoms with van der Waals surface area (Å²) >= 11 is 0. The van der Waals surface area contributed by atoms with Gasteiger partial charge in [-0.25, -0.2) is 0 Å². The lowest BCUT2D eigenvalue weighted by molar-refractivity contribution is -0.134. The summed E-state index contributed by atoms with van der Waals surface area (Å²) in [6, 6.07) is 12.7. The molecule has 2 aromatic rings. The monoisotopic (exact) mass is 438 g/mol. The Morgan fingerprint density at radius 1 is 0.812 bits per heavy atom. The number of amides is 2. The Hall–Kier alpha value is -3.22. The van der Waals surface area contributed by atoms with Crippen molar-refractivity contribution < 1.29 is 23.8 Å². The quantitative estimate of drug-likeness (QED) is 0.693. The minimum absolute atomic E-state index is 0.0816. The topological polar surface area (TPSA) is 68.3 Å². The average Bonchev–Trinajstić information content (AvgIpc) is 3.53. The van der Waals surface area contributed by atoms with E-state index >= 15 is 0 Å². The lowest BCUT2D eigenvalue weighted by atomic mass is 9.87. The van der Waals surface area contributed by atoms with Gasteiger partial charge in [-0.15, -0.1) is 0 Å². The highest BCUT2D eigenvalue weighted by atomic mass is 16.5. The molecule has 2 atom stereocenters. The van der Waals surface area contributed by atoms with E-state index in [1.165, 1.54) is 0 Å². The van der Waals surface area contributed by atoms with Gasteiger partial charge in [-0.05, 0) is 43.2 Å². The van der Waals surface area contributed by atoms with E-state index in [0.29, 0.717) is 35.9 Å². The number of likely N-dealkylation sites (tertiary alicyclic amines) is 2. The van der Waals surface area contributed by atoms with Crippen LogP contribution in [0.15, 0.2) is 42.5 Å². The van der Waals surface area contributed by atoms with E-state index in [1.807, 2.05) is 23.1 Å². The number of nitrogens with zero attached hydrogens (tertiary/aromatic N) is 2. The normalized spacial score (nSPS) is 20.3. The third kappa shape index (κ3) is 4.24. The van der Waals surface area contributed by atoms with Gasteiger partial charge in [-0.2, -0.15) is 0 Å². The van der Waals surface area contributed by atoms with Crippen LogP contribution in [0.5, 0.6) is 17.2 Å². The predicted octanol–water partition coefficient (Wildman–Crippen LogP) is 3.19. The molecule has 32 heavy (non-hydrogen) atoms. The molecule has 7 heteroatoms. The number of carbonyl (C=O) groups is 2. The standard InChI is InChI=1S/C25H30N2O5/c1-30-18-8-6-17(7-9-18)24(28)27-15-21(20-11-10-19(31-2)14-23(20)32-3)22(16-27)25(29)26-12-4-5-13-26/h6-11,14,21-22H,4-5,12-13,15-16H2,1-3H3. The summed E-state index contributed by atoms with van der Waals surface area (Å²) in [5, 5.41) is 0. The van der Waals surface area contributed by atoms with E-state index in [1.54, 1.807) is 50.5 Å². The van der Waals surface area contributed by atoms with Gasteiger partial charge in [0.1, 0.15) is 17.2 Å². The first-order valence-electron chi connectivity index (χ1n) is 11.0. The van der Waals surface area contributed by atoms with Crippen molar-refractivity contribution >= 4 is 11.8 Å². The molecule has 2 amide bonds. The fourth-order valence-electron chi connectivity index (χ4n) is 4.75. The van der Waals surface area contributed by atoms with Crippen LogP contribution in [-0.4, -0.2) is 69.1 Å². The molecule has 2 heterocycles. The van der Waals surface area contributed by atoms with Crippen LogP contribution in [0.1, 0.15) is 34.7 Å². The number of methoxy groups -OCH3 is 3. The van der Waals surface area contributed by atoms with Crippen molar-refractivity contribution in [3.63, 3.8) is 0 Å². The van der Waals surface area contributed by atoms with E-state index in [2.05, 4.69) is 0 Å². The van der Waals surface area contributed by atoms with Gasteiger partial charge in [0.05, 0.1) is 27.2 Å². The van der Waals surface area contributed by atoms with E-state index in [4.69, 9.17) is 14.2 Å². The van der Waals surface area contributed by atoms with Crippen molar-refractivity contribution in [1.82, 2.24) is 9.80 Å². The zero-order valence-corrected chi connectivity index (χ0v) is 18.9. The van der Waals surface area contributed by atoms with Gasteiger partial charge in [-0.3, -0.25) is 9.59 Å². The molecule has 0 radical (unpaired) electrons. The van der Waals surface area contributed by atoms with Crippen LogP contribution in [0.3, 0.4) is 0 Å². The molecule has 170 valence electrons. The molecule has 0 N–H and O–H groups in total. The van der Waals surface area contributed by atoms with Crippen LogP contribution < -0.4 is 14.2 Å². The van der Waals surface area contributed by atoms with Crippen molar-refractivity contribution in [3.05, 3.63) is 53.6 Å². The first-order chi connectivity index (χ1) is 15.5. The van der Waals surface area contributed by atoms with Crippen molar-refractivity contribution in [2.45, 2.75) is 18.8 Å². The van der Waals surface area contributed by atoms with Gasteiger partial charge < -0.3 is 24.0 Å². The SMILES string of the molecule is COc1ccc(C(=O)N2CC(C(=O)N3CCCC3)C(c3ccc(OC)cc3OC)C2)cc1. The van der Waals surface area contributed by atoms with Crippen molar-refractivity contribution in [3.8, 4) is 17.2 Å². The number of hydrogen-bond acceptors (Lipinski definition) is 5. The molecule has 0 bridgehead atoms. The van der Waals surface area contributed by atoms with Gasteiger partial charge in [0, 0.05) is 49.3 Å². The molecule has 0 aliphatic carbocycles. The van der Waals surface area contributed by atoms with E-state index < -0.39 is 0 Å². The Morgan fingerprint density at radius 3 is 2.09 bits per heavy atom. The highest BCUT2D eigenvalue weighted by molar-refractivity contribution is 5.95. The smallest absolute Gasteiger partial charge is 0.253 e. The molecule has 2 aliphatic heterocycles. The highest BCUT2D eigenvalue weighted by Gasteiger charge is 2.43. The largest absolute Gasteiger partial charge is 0.497 e. The second-order valence-electron chi connectivity index (χ2n) is 8.29. The van der Waals surface area contributed by atoms with Gasteiger partial charge in [0.2, 0.25) is 5.91 Å². The third-order valence-corrected chi connectivity index (χ3v) is 6.52. The number of carbonyl (C=O) groups excluding carboxylic acids is 2. The molecule has 7 nitrogen and oxygen atoms in total. The molecular weight excluding hydrogens is 408 g/mol. The van der Waals surface area contributed by atoms with Crippen LogP contribution in [0.2, 0.25) is 0 Å². The minimum atomic E-state index is -0.308. The fraction of sp³-hybridized carbons (Fsp3) is 0.440. The minimum Gasteiger partial charge on any atom is -0.497 e. The van der Waals surface area contributed by atoms with Crippen molar-refractivity contribution in [2.75, 3.05) is 47.5 Å². The second-order valence-corrected chi connectivity index (χ2v) is 8.29. The van der Waals surface area contributed by atoms with E-state index in [9.17, 15) is 9.59 Å². The molecule has 4 rings (SSSR count). The van der Waals surface area contributed by atoms with Gasteiger partial charge in [-0.1, -0.05) is 6.07 Å². The number of hydrogen-bond donors (Lipinski definition) is 0. The molecule has 2 unspecified atom stereocenters.